The fourth-order valence-electron chi connectivity index (χ4n) is 1.65. The van der Waals surface area contributed by atoms with Gasteiger partial charge in [-0.05, 0) is 36.1 Å². The van der Waals surface area contributed by atoms with Crippen molar-refractivity contribution < 1.29 is 0 Å². The van der Waals surface area contributed by atoms with Crippen LogP contribution < -0.4 is 0 Å². The Labute approximate surface area is 85.3 Å². The van der Waals surface area contributed by atoms with E-state index < -0.39 is 0 Å². The van der Waals surface area contributed by atoms with E-state index in [-0.39, 0.29) is 0 Å². The number of fused-ring (bicyclic) bond motifs is 1. The summed E-state index contributed by atoms with van der Waals surface area (Å²) in [6.07, 6.45) is 14.0. The average Bonchev–Trinajstić information content (AvgIpc) is 2.42. The molecule has 0 saturated heterocycles. The third kappa shape index (κ3) is 1.85. The first-order valence-corrected chi connectivity index (χ1v) is 5.00. The van der Waals surface area contributed by atoms with Crippen LogP contribution in [-0.4, -0.2) is 0 Å². The molecule has 14 heavy (non-hydrogen) atoms. The molecule has 0 amide bonds. The third-order valence-corrected chi connectivity index (χ3v) is 2.34. The quantitative estimate of drug-likeness (QED) is 0.612. The lowest BCUT2D eigenvalue weighted by atomic mass is 10.0. The normalized spacial score (nSPS) is 14.4. The molecule has 0 radical (unpaired) electrons. The van der Waals surface area contributed by atoms with Gasteiger partial charge in [0.1, 0.15) is 0 Å². The minimum Gasteiger partial charge on any atom is -0.0871 e. The molecule has 70 valence electrons. The fraction of sp³-hybridized carbons (Fsp3) is 0.143. The molecule has 0 heterocycles. The van der Waals surface area contributed by atoms with Crippen molar-refractivity contribution in [2.45, 2.75) is 13.3 Å². The molecule has 0 fully saturated rings. The summed E-state index contributed by atoms with van der Waals surface area (Å²) in [7, 11) is 0. The van der Waals surface area contributed by atoms with E-state index in [0.29, 0.717) is 0 Å². The third-order valence-electron chi connectivity index (χ3n) is 2.34. The van der Waals surface area contributed by atoms with Crippen LogP contribution >= 0.6 is 0 Å². The van der Waals surface area contributed by atoms with Crippen molar-refractivity contribution in [3.8, 4) is 0 Å². The highest BCUT2D eigenvalue weighted by molar-refractivity contribution is 5.70. The van der Waals surface area contributed by atoms with Crippen molar-refractivity contribution >= 4 is 18.2 Å². The van der Waals surface area contributed by atoms with Crippen LogP contribution in [0, 0.1) is 0 Å². The second-order valence-electron chi connectivity index (χ2n) is 3.43. The molecule has 0 aromatic heterocycles. The van der Waals surface area contributed by atoms with Gasteiger partial charge in [-0.1, -0.05) is 48.6 Å². The van der Waals surface area contributed by atoms with Gasteiger partial charge in [0, 0.05) is 0 Å². The van der Waals surface area contributed by atoms with E-state index in [1.807, 2.05) is 6.92 Å². The number of hydrogen-bond acceptors (Lipinski definition) is 0. The smallest absolute Gasteiger partial charge is 0.0162 e. The molecule has 0 heteroatoms. The van der Waals surface area contributed by atoms with E-state index in [0.717, 1.165) is 6.42 Å². The molecule has 0 nitrogen and oxygen atoms in total. The molecule has 0 N–H and O–H groups in total. The highest BCUT2D eigenvalue weighted by Crippen LogP contribution is 2.19. The molecular weight excluding hydrogens is 168 g/mol. The van der Waals surface area contributed by atoms with Gasteiger partial charge < -0.3 is 0 Å². The zero-order chi connectivity index (χ0) is 9.80. The predicted molar refractivity (Wildman–Crippen MR) is 63.8 cm³/mol. The first-order valence-electron chi connectivity index (χ1n) is 5.00. The van der Waals surface area contributed by atoms with Crippen molar-refractivity contribution in [1.82, 2.24) is 0 Å². The van der Waals surface area contributed by atoms with Gasteiger partial charge in [-0.15, -0.1) is 0 Å². The zero-order valence-electron chi connectivity index (χ0n) is 8.40. The number of hydrogen-bond donors (Lipinski definition) is 0. The van der Waals surface area contributed by atoms with E-state index >= 15 is 0 Å². The Kier molecular flexibility index (Phi) is 2.64. The molecule has 0 atom stereocenters. The van der Waals surface area contributed by atoms with Crippen molar-refractivity contribution in [2.24, 2.45) is 0 Å². The molecule has 0 bridgehead atoms. The van der Waals surface area contributed by atoms with Crippen LogP contribution in [0.5, 0.6) is 0 Å². The van der Waals surface area contributed by atoms with Crippen LogP contribution in [0.3, 0.4) is 0 Å². The molecule has 1 aliphatic rings. The summed E-state index contributed by atoms with van der Waals surface area (Å²) in [5, 5.41) is 0. The minimum absolute atomic E-state index is 1.04. The van der Waals surface area contributed by atoms with Gasteiger partial charge in [0.25, 0.3) is 0 Å². The van der Waals surface area contributed by atoms with Crippen molar-refractivity contribution in [2.75, 3.05) is 0 Å². The maximum atomic E-state index is 2.22. The lowest BCUT2D eigenvalue weighted by Crippen LogP contribution is -1.81. The molecule has 0 unspecified atom stereocenters. The average molecular weight is 182 g/mol. The van der Waals surface area contributed by atoms with Gasteiger partial charge >= 0.3 is 0 Å². The fourth-order valence-corrected chi connectivity index (χ4v) is 1.65. The monoisotopic (exact) mass is 182 g/mol. The maximum Gasteiger partial charge on any atom is -0.0162 e. The number of benzene rings is 1. The Hall–Kier alpha value is -1.56. The lowest BCUT2D eigenvalue weighted by Gasteiger charge is -2.01. The zero-order valence-corrected chi connectivity index (χ0v) is 8.40. The van der Waals surface area contributed by atoms with E-state index in [2.05, 4.69) is 54.7 Å². The SMILES string of the molecule is C/C=C/c1ccc2c(c1)C=CCC=C2. The Bertz CT molecular complexity index is 406. The summed E-state index contributed by atoms with van der Waals surface area (Å²) < 4.78 is 0. The van der Waals surface area contributed by atoms with E-state index in [1.54, 1.807) is 0 Å². The molecular formula is C14H14. The summed E-state index contributed by atoms with van der Waals surface area (Å²) in [5.41, 5.74) is 3.90. The summed E-state index contributed by atoms with van der Waals surface area (Å²) in [5.74, 6) is 0. The molecule has 0 spiro atoms. The Morgan fingerprint density at radius 1 is 1.07 bits per heavy atom. The van der Waals surface area contributed by atoms with Crippen molar-refractivity contribution in [1.29, 1.82) is 0 Å². The first-order chi connectivity index (χ1) is 6.90. The van der Waals surface area contributed by atoms with Crippen LogP contribution in [0.15, 0.2) is 36.4 Å². The second kappa shape index (κ2) is 4.10. The first kappa shape index (κ1) is 9.01. The van der Waals surface area contributed by atoms with E-state index in [1.165, 1.54) is 16.7 Å². The molecule has 2 rings (SSSR count). The number of allylic oxidation sites excluding steroid dienone is 3. The summed E-state index contributed by atoms with van der Waals surface area (Å²) in [6, 6.07) is 6.56. The van der Waals surface area contributed by atoms with Gasteiger partial charge in [-0.25, -0.2) is 0 Å². The maximum absolute atomic E-state index is 2.22. The molecule has 1 aromatic rings. The highest BCUT2D eigenvalue weighted by atomic mass is 14.0. The van der Waals surface area contributed by atoms with Gasteiger partial charge in [0.15, 0.2) is 0 Å². The number of rotatable bonds is 1. The van der Waals surface area contributed by atoms with Crippen LogP contribution in [0.1, 0.15) is 30.0 Å². The van der Waals surface area contributed by atoms with Gasteiger partial charge in [-0.3, -0.25) is 0 Å². The van der Waals surface area contributed by atoms with Crippen LogP contribution in [0.4, 0.5) is 0 Å². The van der Waals surface area contributed by atoms with Crippen LogP contribution in [0.25, 0.3) is 18.2 Å². The minimum atomic E-state index is 1.04. The molecule has 1 aromatic carbocycles. The van der Waals surface area contributed by atoms with E-state index in [4.69, 9.17) is 0 Å². The molecule has 1 aliphatic carbocycles. The van der Waals surface area contributed by atoms with Gasteiger partial charge in [0.2, 0.25) is 0 Å². The lowest BCUT2D eigenvalue weighted by molar-refractivity contribution is 1.44. The molecule has 0 saturated carbocycles. The topological polar surface area (TPSA) is 0 Å². The largest absolute Gasteiger partial charge is 0.0871 e. The highest BCUT2D eigenvalue weighted by Gasteiger charge is 1.98. The summed E-state index contributed by atoms with van der Waals surface area (Å²) in [6.45, 7) is 2.04. The molecule has 0 aliphatic heterocycles. The van der Waals surface area contributed by atoms with E-state index in [9.17, 15) is 0 Å². The second-order valence-corrected chi connectivity index (χ2v) is 3.43. The Balaban J connectivity index is 2.48. The van der Waals surface area contributed by atoms with Gasteiger partial charge in [0.05, 0.1) is 0 Å². The van der Waals surface area contributed by atoms with Crippen LogP contribution in [0.2, 0.25) is 0 Å². The van der Waals surface area contributed by atoms with Gasteiger partial charge in [-0.2, -0.15) is 0 Å². The van der Waals surface area contributed by atoms with Crippen molar-refractivity contribution in [3.05, 3.63) is 53.1 Å². The van der Waals surface area contributed by atoms with Crippen molar-refractivity contribution in [3.63, 3.8) is 0 Å². The Morgan fingerprint density at radius 2 is 1.86 bits per heavy atom. The predicted octanol–water partition coefficient (Wildman–Crippen LogP) is 4.15. The summed E-state index contributed by atoms with van der Waals surface area (Å²) in [4.78, 5) is 0. The summed E-state index contributed by atoms with van der Waals surface area (Å²) >= 11 is 0. The van der Waals surface area contributed by atoms with Crippen LogP contribution in [-0.2, 0) is 0 Å². The standard InChI is InChI=1S/C14H14/c1-2-6-12-9-10-13-7-4-3-5-8-14(13)11-12/h2,4-11H,3H2,1H3/b6-2+. The Morgan fingerprint density at radius 3 is 2.64 bits per heavy atom.